The molecule has 0 aliphatic heterocycles. The van der Waals surface area contributed by atoms with Crippen molar-refractivity contribution in [3.63, 3.8) is 0 Å². The molecule has 3 unspecified atom stereocenters. The van der Waals surface area contributed by atoms with Crippen molar-refractivity contribution in [3.05, 3.63) is 0 Å². The molecule has 0 bridgehead atoms. The Morgan fingerprint density at radius 3 is 1.74 bits per heavy atom. The molecular formula is C30H58O4. The molecule has 202 valence electrons. The molecule has 0 saturated heterocycles. The molecule has 4 heteroatoms. The van der Waals surface area contributed by atoms with Gasteiger partial charge in [-0.2, -0.15) is 0 Å². The predicted molar refractivity (Wildman–Crippen MR) is 144 cm³/mol. The van der Waals surface area contributed by atoms with Gasteiger partial charge in [-0.15, -0.1) is 0 Å². The summed E-state index contributed by atoms with van der Waals surface area (Å²) in [6.07, 6.45) is 19.8. The van der Waals surface area contributed by atoms with Crippen molar-refractivity contribution in [3.8, 4) is 0 Å². The molecule has 0 aromatic carbocycles. The van der Waals surface area contributed by atoms with Gasteiger partial charge in [0, 0.05) is 12.8 Å². The van der Waals surface area contributed by atoms with Crippen LogP contribution in [0, 0.1) is 11.8 Å². The van der Waals surface area contributed by atoms with E-state index in [-0.39, 0.29) is 18.0 Å². The van der Waals surface area contributed by atoms with E-state index in [1.807, 2.05) is 0 Å². The van der Waals surface area contributed by atoms with Gasteiger partial charge in [0.25, 0.3) is 0 Å². The minimum absolute atomic E-state index is 0.0547. The Morgan fingerprint density at radius 2 is 1.15 bits per heavy atom. The molecule has 0 heterocycles. The molecule has 0 rings (SSSR count). The van der Waals surface area contributed by atoms with Crippen LogP contribution in [0.3, 0.4) is 0 Å². The van der Waals surface area contributed by atoms with Crippen molar-refractivity contribution in [2.75, 3.05) is 6.61 Å². The lowest BCUT2D eigenvalue weighted by Crippen LogP contribution is -2.19. The Kier molecular flexibility index (Phi) is 22.9. The smallest absolute Gasteiger partial charge is 0.306 e. The Morgan fingerprint density at radius 1 is 0.559 bits per heavy atom. The second kappa shape index (κ2) is 23.7. The molecule has 0 radical (unpaired) electrons. The number of hydrogen-bond donors (Lipinski definition) is 0. The topological polar surface area (TPSA) is 52.6 Å². The third-order valence-corrected chi connectivity index (χ3v) is 7.15. The van der Waals surface area contributed by atoms with E-state index in [9.17, 15) is 9.59 Å². The Bertz CT molecular complexity index is 476. The highest BCUT2D eigenvalue weighted by Gasteiger charge is 2.17. The molecule has 0 aliphatic rings. The number of esters is 2. The largest absolute Gasteiger partial charge is 0.465 e. The highest BCUT2D eigenvalue weighted by molar-refractivity contribution is 5.70. The second-order valence-corrected chi connectivity index (χ2v) is 10.3. The number of rotatable bonds is 24. The SMILES string of the molecule is CCCCCCC(CCC(CC)CCCC)OC(=O)CCCCC(=O)OCC(CC)CCCC. The van der Waals surface area contributed by atoms with E-state index < -0.39 is 0 Å². The van der Waals surface area contributed by atoms with Crippen LogP contribution in [-0.4, -0.2) is 24.6 Å². The Hall–Kier alpha value is -1.06. The zero-order valence-corrected chi connectivity index (χ0v) is 23.5. The van der Waals surface area contributed by atoms with Crippen LogP contribution >= 0.6 is 0 Å². The molecule has 4 nitrogen and oxygen atoms in total. The summed E-state index contributed by atoms with van der Waals surface area (Å²) in [6.45, 7) is 11.6. The minimum atomic E-state index is -0.130. The maximum absolute atomic E-state index is 12.5. The van der Waals surface area contributed by atoms with Gasteiger partial charge in [-0.25, -0.2) is 0 Å². The van der Waals surface area contributed by atoms with E-state index in [0.29, 0.717) is 38.2 Å². The monoisotopic (exact) mass is 482 g/mol. The maximum Gasteiger partial charge on any atom is 0.306 e. The zero-order valence-electron chi connectivity index (χ0n) is 23.5. The Labute approximate surface area is 212 Å². The number of carbonyl (C=O) groups is 2. The highest BCUT2D eigenvalue weighted by Crippen LogP contribution is 2.23. The van der Waals surface area contributed by atoms with Gasteiger partial charge < -0.3 is 9.47 Å². The first-order valence-corrected chi connectivity index (χ1v) is 14.8. The third-order valence-electron chi connectivity index (χ3n) is 7.15. The third kappa shape index (κ3) is 19.3. The van der Waals surface area contributed by atoms with Crippen molar-refractivity contribution in [2.24, 2.45) is 11.8 Å². The number of hydrogen-bond acceptors (Lipinski definition) is 4. The van der Waals surface area contributed by atoms with Crippen LogP contribution in [0.2, 0.25) is 0 Å². The average Bonchev–Trinajstić information content (AvgIpc) is 2.84. The molecule has 0 aromatic heterocycles. The van der Waals surface area contributed by atoms with Crippen LogP contribution < -0.4 is 0 Å². The predicted octanol–water partition coefficient (Wildman–Crippen LogP) is 9.19. The summed E-state index contributed by atoms with van der Waals surface area (Å²) in [4.78, 5) is 24.5. The Balaban J connectivity index is 4.28. The first-order chi connectivity index (χ1) is 16.5. The highest BCUT2D eigenvalue weighted by atomic mass is 16.5. The van der Waals surface area contributed by atoms with E-state index in [0.717, 1.165) is 44.4 Å². The summed E-state index contributed by atoms with van der Waals surface area (Å²) in [7, 11) is 0. The van der Waals surface area contributed by atoms with Crippen LogP contribution in [-0.2, 0) is 19.1 Å². The van der Waals surface area contributed by atoms with Gasteiger partial charge in [0.15, 0.2) is 0 Å². The van der Waals surface area contributed by atoms with E-state index in [1.165, 1.54) is 57.8 Å². The summed E-state index contributed by atoms with van der Waals surface area (Å²) in [6, 6.07) is 0. The van der Waals surface area contributed by atoms with Gasteiger partial charge in [0.2, 0.25) is 0 Å². The standard InChI is InChI=1S/C30H58O4/c1-6-11-14-15-20-28(24-23-26(9-4)18-12-7-2)34-30(32)22-17-16-21-29(31)33-25-27(10-5)19-13-8-3/h26-28H,6-25H2,1-5H3. The number of carbonyl (C=O) groups excluding carboxylic acids is 2. The van der Waals surface area contributed by atoms with E-state index in [2.05, 4.69) is 34.6 Å². The lowest BCUT2D eigenvalue weighted by molar-refractivity contribution is -0.151. The molecule has 0 aromatic rings. The summed E-state index contributed by atoms with van der Waals surface area (Å²) in [5.41, 5.74) is 0. The molecule has 0 amide bonds. The lowest BCUT2D eigenvalue weighted by Gasteiger charge is -2.21. The number of ether oxygens (including phenoxy) is 2. The molecular weight excluding hydrogens is 424 g/mol. The number of unbranched alkanes of at least 4 members (excludes halogenated alkanes) is 6. The first-order valence-electron chi connectivity index (χ1n) is 14.8. The summed E-state index contributed by atoms with van der Waals surface area (Å²) in [5, 5.41) is 0. The molecule has 34 heavy (non-hydrogen) atoms. The van der Waals surface area contributed by atoms with Crippen molar-refractivity contribution in [1.82, 2.24) is 0 Å². The maximum atomic E-state index is 12.5. The van der Waals surface area contributed by atoms with Crippen molar-refractivity contribution in [2.45, 2.75) is 163 Å². The first kappa shape index (κ1) is 32.9. The average molecular weight is 483 g/mol. The molecule has 0 spiro atoms. The summed E-state index contributed by atoms with van der Waals surface area (Å²) >= 11 is 0. The van der Waals surface area contributed by atoms with E-state index in [4.69, 9.17) is 9.47 Å². The summed E-state index contributed by atoms with van der Waals surface area (Å²) in [5.74, 6) is 0.996. The quantitative estimate of drug-likeness (QED) is 0.102. The van der Waals surface area contributed by atoms with Gasteiger partial charge in [-0.05, 0) is 56.8 Å². The lowest BCUT2D eigenvalue weighted by atomic mass is 9.92. The molecule has 0 N–H and O–H groups in total. The van der Waals surface area contributed by atoms with Gasteiger partial charge >= 0.3 is 11.9 Å². The molecule has 0 aliphatic carbocycles. The van der Waals surface area contributed by atoms with Gasteiger partial charge in [0.05, 0.1) is 6.61 Å². The normalized spacial score (nSPS) is 13.9. The van der Waals surface area contributed by atoms with E-state index >= 15 is 0 Å². The fourth-order valence-electron chi connectivity index (χ4n) is 4.49. The molecule has 0 fully saturated rings. The van der Waals surface area contributed by atoms with Crippen LogP contribution in [0.25, 0.3) is 0 Å². The van der Waals surface area contributed by atoms with E-state index in [1.54, 1.807) is 0 Å². The van der Waals surface area contributed by atoms with Crippen LogP contribution in [0.4, 0.5) is 0 Å². The van der Waals surface area contributed by atoms with Crippen molar-refractivity contribution < 1.29 is 19.1 Å². The van der Waals surface area contributed by atoms with Crippen LogP contribution in [0.1, 0.15) is 157 Å². The van der Waals surface area contributed by atoms with Crippen molar-refractivity contribution in [1.29, 1.82) is 0 Å². The minimum Gasteiger partial charge on any atom is -0.465 e. The fourth-order valence-corrected chi connectivity index (χ4v) is 4.49. The second-order valence-electron chi connectivity index (χ2n) is 10.3. The van der Waals surface area contributed by atoms with Gasteiger partial charge in [-0.1, -0.05) is 98.8 Å². The van der Waals surface area contributed by atoms with Crippen molar-refractivity contribution >= 4 is 11.9 Å². The fraction of sp³-hybridized carbons (Fsp3) is 0.933. The van der Waals surface area contributed by atoms with Gasteiger partial charge in [-0.3, -0.25) is 9.59 Å². The molecule has 3 atom stereocenters. The van der Waals surface area contributed by atoms with Gasteiger partial charge in [0.1, 0.15) is 6.10 Å². The zero-order chi connectivity index (χ0) is 25.4. The van der Waals surface area contributed by atoms with Crippen LogP contribution in [0.5, 0.6) is 0 Å². The summed E-state index contributed by atoms with van der Waals surface area (Å²) < 4.78 is 11.4. The van der Waals surface area contributed by atoms with Crippen LogP contribution in [0.15, 0.2) is 0 Å². The molecule has 0 saturated carbocycles.